The molecule has 0 aliphatic carbocycles. The number of hydrogen-bond acceptors (Lipinski definition) is 1. The molecule has 1 rings (SSSR count). The Hall–Kier alpha value is -1.11. The maximum Gasteiger partial charge on any atom is 0.120 e. The molecular formula is C13H20O. The first-order chi connectivity index (χ1) is 6.74. The lowest BCUT2D eigenvalue weighted by Gasteiger charge is -1.96. The van der Waals surface area contributed by atoms with Crippen molar-refractivity contribution in [1.29, 1.82) is 0 Å². The van der Waals surface area contributed by atoms with E-state index in [-0.39, 0.29) is 0 Å². The average molecular weight is 192 g/mol. The first-order valence-electron chi connectivity index (χ1n) is 5.23. The minimum atomic E-state index is 0.628. The van der Waals surface area contributed by atoms with Crippen molar-refractivity contribution in [2.75, 3.05) is 0 Å². The summed E-state index contributed by atoms with van der Waals surface area (Å²) in [7, 11) is 0. The molecule has 0 saturated heterocycles. The summed E-state index contributed by atoms with van der Waals surface area (Å²) in [6.45, 7) is 6.31. The van der Waals surface area contributed by atoms with E-state index in [1.165, 1.54) is 17.5 Å². The maximum absolute atomic E-state index is 10.0. The van der Waals surface area contributed by atoms with Gasteiger partial charge in [-0.05, 0) is 18.9 Å². The van der Waals surface area contributed by atoms with Gasteiger partial charge in [-0.15, -0.1) is 0 Å². The van der Waals surface area contributed by atoms with Crippen molar-refractivity contribution in [3.05, 3.63) is 35.4 Å². The van der Waals surface area contributed by atoms with Gasteiger partial charge in [0.15, 0.2) is 0 Å². The molecule has 0 N–H and O–H groups in total. The summed E-state index contributed by atoms with van der Waals surface area (Å²) in [5, 5.41) is 0. The average Bonchev–Trinajstić information content (AvgIpc) is 2.18. The number of aldehydes is 1. The van der Waals surface area contributed by atoms with Gasteiger partial charge in [-0.2, -0.15) is 0 Å². The van der Waals surface area contributed by atoms with Crippen LogP contribution in [0.25, 0.3) is 0 Å². The minimum Gasteiger partial charge on any atom is -0.303 e. The summed E-state index contributed by atoms with van der Waals surface area (Å²) in [6.07, 6.45) is 3.70. The van der Waals surface area contributed by atoms with Crippen molar-refractivity contribution in [2.45, 2.75) is 40.0 Å². The summed E-state index contributed by atoms with van der Waals surface area (Å²) in [6, 6.07) is 8.28. The van der Waals surface area contributed by atoms with Gasteiger partial charge in [0.1, 0.15) is 6.29 Å². The maximum atomic E-state index is 10.0. The first-order valence-corrected chi connectivity index (χ1v) is 5.23. The lowest BCUT2D eigenvalue weighted by atomic mass is 10.1. The van der Waals surface area contributed by atoms with Crippen LogP contribution in [-0.4, -0.2) is 6.29 Å². The van der Waals surface area contributed by atoms with E-state index in [4.69, 9.17) is 0 Å². The number of aryl methyl sites for hydroxylation is 2. The smallest absolute Gasteiger partial charge is 0.120 e. The Morgan fingerprint density at radius 2 is 1.64 bits per heavy atom. The zero-order valence-electron chi connectivity index (χ0n) is 9.42. The summed E-state index contributed by atoms with van der Waals surface area (Å²) >= 11 is 0. The molecule has 0 aliphatic heterocycles. The highest BCUT2D eigenvalue weighted by Gasteiger charge is 1.90. The van der Waals surface area contributed by atoms with Crippen molar-refractivity contribution >= 4 is 6.29 Å². The van der Waals surface area contributed by atoms with Crippen LogP contribution in [0.2, 0.25) is 0 Å². The fourth-order valence-electron chi connectivity index (χ4n) is 0.980. The Morgan fingerprint density at radius 3 is 2.07 bits per heavy atom. The zero-order chi connectivity index (χ0) is 10.8. The fraction of sp³-hybridized carbons (Fsp3) is 0.462. The highest BCUT2D eigenvalue weighted by atomic mass is 16.1. The van der Waals surface area contributed by atoms with Crippen LogP contribution in [-0.2, 0) is 11.2 Å². The van der Waals surface area contributed by atoms with Crippen LogP contribution in [0, 0.1) is 6.92 Å². The number of carbonyl (C=O) groups excluding carboxylic acids is 1. The van der Waals surface area contributed by atoms with E-state index in [1.807, 2.05) is 0 Å². The molecule has 1 heteroatoms. The van der Waals surface area contributed by atoms with Crippen LogP contribution in [0.4, 0.5) is 0 Å². The quantitative estimate of drug-likeness (QED) is 0.669. The third-order valence-corrected chi connectivity index (χ3v) is 1.67. The lowest BCUT2D eigenvalue weighted by Crippen LogP contribution is -1.85. The molecule has 0 fully saturated rings. The molecule has 0 atom stereocenters. The van der Waals surface area contributed by atoms with Gasteiger partial charge in [-0.25, -0.2) is 0 Å². The van der Waals surface area contributed by atoms with Gasteiger partial charge >= 0.3 is 0 Å². The summed E-state index contributed by atoms with van der Waals surface area (Å²) in [4.78, 5) is 10.0. The van der Waals surface area contributed by atoms with Gasteiger partial charge in [0.2, 0.25) is 0 Å². The van der Waals surface area contributed by atoms with Crippen LogP contribution in [0.5, 0.6) is 0 Å². The molecule has 0 amide bonds. The molecule has 0 saturated carbocycles. The SMILES string of the molecule is CCC.Cc1ccc(CCC=O)cc1. The van der Waals surface area contributed by atoms with Gasteiger partial charge in [0, 0.05) is 6.42 Å². The summed E-state index contributed by atoms with van der Waals surface area (Å²) in [5.41, 5.74) is 2.50. The van der Waals surface area contributed by atoms with Crippen molar-refractivity contribution in [1.82, 2.24) is 0 Å². The number of carbonyl (C=O) groups is 1. The van der Waals surface area contributed by atoms with Gasteiger partial charge < -0.3 is 4.79 Å². The standard InChI is InChI=1S/C10H12O.C3H8/c1-9-4-6-10(7-5-9)3-2-8-11;1-3-2/h4-8H,2-3H2,1H3;3H2,1-2H3. The molecule has 0 radical (unpaired) electrons. The van der Waals surface area contributed by atoms with Gasteiger partial charge in [0.05, 0.1) is 0 Å². The third-order valence-electron chi connectivity index (χ3n) is 1.67. The van der Waals surface area contributed by atoms with Crippen molar-refractivity contribution in [2.24, 2.45) is 0 Å². The van der Waals surface area contributed by atoms with Crippen LogP contribution in [0.1, 0.15) is 37.8 Å². The molecule has 0 aliphatic rings. The van der Waals surface area contributed by atoms with E-state index in [2.05, 4.69) is 45.0 Å². The van der Waals surface area contributed by atoms with E-state index in [9.17, 15) is 4.79 Å². The fourth-order valence-corrected chi connectivity index (χ4v) is 0.980. The van der Waals surface area contributed by atoms with Gasteiger partial charge in [-0.1, -0.05) is 50.1 Å². The van der Waals surface area contributed by atoms with Crippen LogP contribution in [0.15, 0.2) is 24.3 Å². The monoisotopic (exact) mass is 192 g/mol. The molecule has 1 aromatic rings. The Morgan fingerprint density at radius 1 is 1.14 bits per heavy atom. The largest absolute Gasteiger partial charge is 0.303 e. The molecular weight excluding hydrogens is 172 g/mol. The first kappa shape index (κ1) is 12.9. The van der Waals surface area contributed by atoms with Crippen LogP contribution in [0.3, 0.4) is 0 Å². The second kappa shape index (κ2) is 8.49. The van der Waals surface area contributed by atoms with E-state index < -0.39 is 0 Å². The predicted molar refractivity (Wildman–Crippen MR) is 61.5 cm³/mol. The molecule has 14 heavy (non-hydrogen) atoms. The second-order valence-corrected chi connectivity index (χ2v) is 3.40. The van der Waals surface area contributed by atoms with E-state index in [0.717, 1.165) is 12.7 Å². The number of rotatable bonds is 3. The molecule has 1 nitrogen and oxygen atoms in total. The minimum absolute atomic E-state index is 0.628. The van der Waals surface area contributed by atoms with Crippen molar-refractivity contribution in [3.63, 3.8) is 0 Å². The molecule has 0 spiro atoms. The number of hydrogen-bond donors (Lipinski definition) is 0. The Balaban J connectivity index is 0.000000500. The predicted octanol–water partition coefficient (Wildman–Crippen LogP) is 3.54. The van der Waals surface area contributed by atoms with Crippen molar-refractivity contribution < 1.29 is 4.79 Å². The van der Waals surface area contributed by atoms with E-state index in [0.29, 0.717) is 6.42 Å². The zero-order valence-corrected chi connectivity index (χ0v) is 9.42. The second-order valence-electron chi connectivity index (χ2n) is 3.40. The Kier molecular flexibility index (Phi) is 7.81. The highest BCUT2D eigenvalue weighted by molar-refractivity contribution is 5.50. The lowest BCUT2D eigenvalue weighted by molar-refractivity contribution is -0.107. The van der Waals surface area contributed by atoms with Crippen LogP contribution >= 0.6 is 0 Å². The topological polar surface area (TPSA) is 17.1 Å². The molecule has 0 bridgehead atoms. The highest BCUT2D eigenvalue weighted by Crippen LogP contribution is 2.04. The summed E-state index contributed by atoms with van der Waals surface area (Å²) in [5.74, 6) is 0. The molecule has 0 aromatic heterocycles. The van der Waals surface area contributed by atoms with Gasteiger partial charge in [-0.3, -0.25) is 0 Å². The van der Waals surface area contributed by atoms with E-state index >= 15 is 0 Å². The van der Waals surface area contributed by atoms with Crippen molar-refractivity contribution in [3.8, 4) is 0 Å². The molecule has 0 unspecified atom stereocenters. The summed E-state index contributed by atoms with van der Waals surface area (Å²) < 4.78 is 0. The van der Waals surface area contributed by atoms with Gasteiger partial charge in [0.25, 0.3) is 0 Å². The molecule has 1 aromatic carbocycles. The Bertz CT molecular complexity index is 236. The molecule has 78 valence electrons. The molecule has 0 heterocycles. The Labute approximate surface area is 87.2 Å². The van der Waals surface area contributed by atoms with Crippen LogP contribution < -0.4 is 0 Å². The third kappa shape index (κ3) is 6.41. The van der Waals surface area contributed by atoms with E-state index in [1.54, 1.807) is 0 Å². The normalized spacial score (nSPS) is 8.79. The number of benzene rings is 1.